The maximum absolute atomic E-state index is 12.4. The lowest BCUT2D eigenvalue weighted by molar-refractivity contribution is -0.143. The Hall–Kier alpha value is -2.33. The van der Waals surface area contributed by atoms with Crippen molar-refractivity contribution in [2.75, 3.05) is 27.4 Å². The molecule has 0 unspecified atom stereocenters. The molecule has 8 nitrogen and oxygen atoms in total. The second kappa shape index (κ2) is 8.86. The van der Waals surface area contributed by atoms with Crippen LogP contribution in [0.4, 0.5) is 4.79 Å². The van der Waals surface area contributed by atoms with Gasteiger partial charge in [0.15, 0.2) is 6.61 Å². The molecule has 2 amide bonds. The van der Waals surface area contributed by atoms with E-state index in [-0.39, 0.29) is 11.5 Å². The third-order valence-corrected chi connectivity index (χ3v) is 4.62. The van der Waals surface area contributed by atoms with Crippen LogP contribution in [0.15, 0.2) is 27.6 Å². The Morgan fingerprint density at radius 1 is 1.19 bits per heavy atom. The first kappa shape index (κ1) is 20.0. The third kappa shape index (κ3) is 4.85. The van der Waals surface area contributed by atoms with Crippen LogP contribution >= 0.6 is 27.7 Å². The molecule has 138 valence electrons. The zero-order valence-corrected chi connectivity index (χ0v) is 16.2. The van der Waals surface area contributed by atoms with Gasteiger partial charge in [0.25, 0.3) is 11.1 Å². The molecule has 1 aliphatic heterocycles. The molecule has 1 aromatic rings. The number of benzene rings is 1. The lowest BCUT2D eigenvalue weighted by Gasteiger charge is -2.10. The van der Waals surface area contributed by atoms with Gasteiger partial charge in [0.2, 0.25) is 0 Å². The number of amides is 2. The maximum Gasteiger partial charge on any atom is 0.343 e. The molecular formula is C16H14BrNO7S. The molecule has 26 heavy (non-hydrogen) atoms. The van der Waals surface area contributed by atoms with Gasteiger partial charge in [-0.1, -0.05) is 15.9 Å². The number of carbonyl (C=O) groups is 4. The summed E-state index contributed by atoms with van der Waals surface area (Å²) in [7, 11) is 2.41. The van der Waals surface area contributed by atoms with Gasteiger partial charge in [-0.15, -0.1) is 0 Å². The van der Waals surface area contributed by atoms with Gasteiger partial charge >= 0.3 is 11.9 Å². The number of methoxy groups -OCH3 is 2. The van der Waals surface area contributed by atoms with E-state index in [0.717, 1.165) is 4.90 Å². The van der Waals surface area contributed by atoms with Crippen LogP contribution in [0.2, 0.25) is 0 Å². The summed E-state index contributed by atoms with van der Waals surface area (Å²) in [5.41, 5.74) is 0.479. The number of halogens is 1. The first-order valence-corrected chi connectivity index (χ1v) is 8.78. The number of carbonyl (C=O) groups excluding carboxylic acids is 4. The van der Waals surface area contributed by atoms with E-state index in [9.17, 15) is 19.2 Å². The van der Waals surface area contributed by atoms with Crippen LogP contribution in [0.5, 0.6) is 5.75 Å². The summed E-state index contributed by atoms with van der Waals surface area (Å²) < 4.78 is 15.1. The smallest absolute Gasteiger partial charge is 0.343 e. The molecule has 0 radical (unpaired) electrons. The van der Waals surface area contributed by atoms with E-state index >= 15 is 0 Å². The molecular weight excluding hydrogens is 430 g/mol. The van der Waals surface area contributed by atoms with Crippen molar-refractivity contribution in [3.05, 3.63) is 33.1 Å². The summed E-state index contributed by atoms with van der Waals surface area (Å²) in [5.74, 6) is -1.53. The highest BCUT2D eigenvalue weighted by Gasteiger charge is 2.36. The Morgan fingerprint density at radius 2 is 1.88 bits per heavy atom. The van der Waals surface area contributed by atoms with Crippen LogP contribution in [-0.2, 0) is 23.9 Å². The predicted octanol–water partition coefficient (Wildman–Crippen LogP) is 2.21. The van der Waals surface area contributed by atoms with Crippen LogP contribution < -0.4 is 4.74 Å². The van der Waals surface area contributed by atoms with E-state index in [1.165, 1.54) is 20.3 Å². The molecule has 0 spiro atoms. The monoisotopic (exact) mass is 443 g/mol. The minimum atomic E-state index is -0.696. The molecule has 1 fully saturated rings. The molecule has 1 heterocycles. The molecule has 0 bridgehead atoms. The molecule has 0 atom stereocenters. The molecule has 1 saturated heterocycles. The van der Waals surface area contributed by atoms with Gasteiger partial charge in [-0.05, 0) is 36.0 Å². The molecule has 10 heteroatoms. The van der Waals surface area contributed by atoms with E-state index in [0.29, 0.717) is 27.5 Å². The Kier molecular flexibility index (Phi) is 6.81. The molecule has 1 aliphatic rings. The number of ether oxygens (including phenoxy) is 3. The van der Waals surface area contributed by atoms with Crippen molar-refractivity contribution >= 4 is 56.9 Å². The van der Waals surface area contributed by atoms with Crippen molar-refractivity contribution in [2.24, 2.45) is 0 Å². The van der Waals surface area contributed by atoms with Gasteiger partial charge in [-0.2, -0.15) is 0 Å². The quantitative estimate of drug-likeness (QED) is 0.487. The number of imide groups is 1. The Balaban J connectivity index is 2.27. The van der Waals surface area contributed by atoms with Crippen LogP contribution in [0, 0.1) is 0 Å². The van der Waals surface area contributed by atoms with Gasteiger partial charge in [0, 0.05) is 10.0 Å². The van der Waals surface area contributed by atoms with E-state index in [1.807, 2.05) is 0 Å². The molecule has 0 aliphatic carbocycles. The predicted molar refractivity (Wildman–Crippen MR) is 96.3 cm³/mol. The highest BCUT2D eigenvalue weighted by atomic mass is 79.9. The standard InChI is InChI=1S/C16H14BrNO7S/c1-23-13(19)7-18-15(21)12(26-16(18)22)6-9-5-10(17)3-4-11(9)25-8-14(20)24-2/h3-6H,7-8H2,1-2H3. The van der Waals surface area contributed by atoms with Crippen molar-refractivity contribution in [3.63, 3.8) is 0 Å². The first-order valence-electron chi connectivity index (χ1n) is 7.17. The van der Waals surface area contributed by atoms with E-state index in [1.54, 1.807) is 18.2 Å². The topological polar surface area (TPSA) is 99.2 Å². The van der Waals surface area contributed by atoms with Crippen molar-refractivity contribution < 1.29 is 33.4 Å². The summed E-state index contributed by atoms with van der Waals surface area (Å²) in [6, 6.07) is 4.98. The Bertz CT molecular complexity index is 793. The average molecular weight is 444 g/mol. The summed E-state index contributed by atoms with van der Waals surface area (Å²) in [5, 5.41) is -0.571. The highest BCUT2D eigenvalue weighted by Crippen LogP contribution is 2.34. The van der Waals surface area contributed by atoms with Crippen molar-refractivity contribution in [1.82, 2.24) is 4.90 Å². The minimum Gasteiger partial charge on any atom is -0.481 e. The lowest BCUT2D eigenvalue weighted by Crippen LogP contribution is -2.34. The summed E-state index contributed by atoms with van der Waals surface area (Å²) in [6.45, 7) is -0.758. The van der Waals surface area contributed by atoms with Gasteiger partial charge in [0.1, 0.15) is 12.3 Å². The van der Waals surface area contributed by atoms with Gasteiger partial charge in [0.05, 0.1) is 19.1 Å². The zero-order chi connectivity index (χ0) is 19.3. The molecule has 1 aromatic carbocycles. The third-order valence-electron chi connectivity index (χ3n) is 3.22. The fourth-order valence-corrected chi connectivity index (χ4v) is 3.14. The largest absolute Gasteiger partial charge is 0.481 e. The normalized spacial score (nSPS) is 15.3. The van der Waals surface area contributed by atoms with E-state index in [2.05, 4.69) is 25.4 Å². The first-order chi connectivity index (χ1) is 12.3. The summed E-state index contributed by atoms with van der Waals surface area (Å²) >= 11 is 4.01. The van der Waals surface area contributed by atoms with Gasteiger partial charge in [-0.3, -0.25) is 19.3 Å². The second-order valence-electron chi connectivity index (χ2n) is 4.89. The van der Waals surface area contributed by atoms with Gasteiger partial charge in [-0.25, -0.2) is 4.79 Å². The maximum atomic E-state index is 12.4. The summed E-state index contributed by atoms with van der Waals surface area (Å²) in [4.78, 5) is 47.8. The molecule has 2 rings (SSSR count). The lowest BCUT2D eigenvalue weighted by atomic mass is 10.2. The van der Waals surface area contributed by atoms with E-state index in [4.69, 9.17) is 4.74 Å². The Morgan fingerprint density at radius 3 is 2.54 bits per heavy atom. The second-order valence-corrected chi connectivity index (χ2v) is 6.80. The van der Waals surface area contributed by atoms with Crippen molar-refractivity contribution in [1.29, 1.82) is 0 Å². The number of hydrogen-bond donors (Lipinski definition) is 0. The van der Waals surface area contributed by atoms with Gasteiger partial charge < -0.3 is 14.2 Å². The summed E-state index contributed by atoms with van der Waals surface area (Å²) in [6.07, 6.45) is 1.46. The highest BCUT2D eigenvalue weighted by molar-refractivity contribution is 9.10. The molecule has 0 saturated carbocycles. The average Bonchev–Trinajstić information content (AvgIpc) is 2.88. The van der Waals surface area contributed by atoms with E-state index < -0.39 is 29.6 Å². The number of rotatable bonds is 6. The van der Waals surface area contributed by atoms with Crippen LogP contribution in [0.1, 0.15) is 5.56 Å². The van der Waals surface area contributed by atoms with Crippen LogP contribution in [0.25, 0.3) is 6.08 Å². The SMILES string of the molecule is COC(=O)COc1ccc(Br)cc1C=C1SC(=O)N(CC(=O)OC)C1=O. The van der Waals surface area contributed by atoms with Crippen molar-refractivity contribution in [3.8, 4) is 5.75 Å². The van der Waals surface area contributed by atoms with Crippen LogP contribution in [-0.4, -0.2) is 55.4 Å². The number of nitrogens with zero attached hydrogens (tertiary/aromatic N) is 1. The fourth-order valence-electron chi connectivity index (χ4n) is 1.93. The number of thioether (sulfide) groups is 1. The Labute approximate surface area is 161 Å². The number of hydrogen-bond acceptors (Lipinski definition) is 8. The zero-order valence-electron chi connectivity index (χ0n) is 13.8. The minimum absolute atomic E-state index is 0.125. The molecule has 0 N–H and O–H groups in total. The number of esters is 2. The molecule has 0 aromatic heterocycles. The van der Waals surface area contributed by atoms with Crippen LogP contribution in [0.3, 0.4) is 0 Å². The fraction of sp³-hybridized carbons (Fsp3) is 0.250. The van der Waals surface area contributed by atoms with Crippen molar-refractivity contribution in [2.45, 2.75) is 0 Å².